The third-order valence-corrected chi connectivity index (χ3v) is 6.61. The molecule has 1 saturated carbocycles. The lowest BCUT2D eigenvalue weighted by Gasteiger charge is -2.36. The first-order valence-electron chi connectivity index (χ1n) is 9.94. The summed E-state index contributed by atoms with van der Waals surface area (Å²) in [6.45, 7) is 3.93. The summed E-state index contributed by atoms with van der Waals surface area (Å²) in [5, 5.41) is 0. The van der Waals surface area contributed by atoms with Gasteiger partial charge in [-0.25, -0.2) is 13.2 Å². The van der Waals surface area contributed by atoms with Gasteiger partial charge in [-0.3, -0.25) is 0 Å². The molecule has 0 radical (unpaired) electrons. The zero-order valence-electron chi connectivity index (χ0n) is 15.5. The van der Waals surface area contributed by atoms with Gasteiger partial charge < -0.3 is 0 Å². The van der Waals surface area contributed by atoms with Crippen molar-refractivity contribution in [3.8, 4) is 11.1 Å². The molecule has 0 N–H and O–H groups in total. The van der Waals surface area contributed by atoms with Crippen LogP contribution in [-0.4, -0.2) is 0 Å². The van der Waals surface area contributed by atoms with Crippen LogP contribution < -0.4 is 0 Å². The molecule has 0 saturated heterocycles. The molecule has 0 nitrogen and oxygen atoms in total. The largest absolute Gasteiger partial charge is 0.204 e. The van der Waals surface area contributed by atoms with Crippen molar-refractivity contribution in [3.05, 3.63) is 71.6 Å². The molecule has 142 valence electrons. The fraction of sp³-hybridized carbons (Fsp3) is 0.417. The monoisotopic (exact) mass is 370 g/mol. The van der Waals surface area contributed by atoms with Crippen LogP contribution in [0.1, 0.15) is 43.2 Å². The minimum absolute atomic E-state index is 0.388. The highest BCUT2D eigenvalue weighted by Gasteiger charge is 2.29. The normalized spacial score (nSPS) is 25.1. The van der Waals surface area contributed by atoms with E-state index in [9.17, 15) is 13.2 Å². The van der Waals surface area contributed by atoms with Crippen LogP contribution in [0.25, 0.3) is 11.1 Å². The van der Waals surface area contributed by atoms with Crippen molar-refractivity contribution in [2.45, 2.75) is 44.9 Å². The molecule has 27 heavy (non-hydrogen) atoms. The molecule has 0 heterocycles. The van der Waals surface area contributed by atoms with Gasteiger partial charge in [-0.05, 0) is 97.1 Å². The standard InChI is InChI=1S/C24H25F3/c1-2-15-3-5-16(6-4-15)17-7-8-19-12-20(10-9-18(19)11-17)21-13-22(25)24(27)23(26)14-21/h2,9-10,12-17H,1,3-8,11H2. The molecule has 0 aromatic heterocycles. The minimum atomic E-state index is -1.41. The molecule has 0 aliphatic heterocycles. The van der Waals surface area contributed by atoms with E-state index in [0.717, 1.165) is 42.4 Å². The number of fused-ring (bicyclic) bond motifs is 1. The van der Waals surface area contributed by atoms with Crippen molar-refractivity contribution in [3.63, 3.8) is 0 Å². The summed E-state index contributed by atoms with van der Waals surface area (Å²) in [5.41, 5.74) is 3.74. The average Bonchev–Trinajstić information content (AvgIpc) is 2.71. The zero-order valence-corrected chi connectivity index (χ0v) is 15.5. The minimum Gasteiger partial charge on any atom is -0.204 e. The van der Waals surface area contributed by atoms with E-state index in [2.05, 4.69) is 18.7 Å². The number of halogens is 3. The Hall–Kier alpha value is -2.03. The van der Waals surface area contributed by atoms with Crippen molar-refractivity contribution in [1.29, 1.82) is 0 Å². The van der Waals surface area contributed by atoms with E-state index in [1.807, 2.05) is 12.1 Å². The highest BCUT2D eigenvalue weighted by Crippen LogP contribution is 2.40. The highest BCUT2D eigenvalue weighted by molar-refractivity contribution is 5.65. The van der Waals surface area contributed by atoms with E-state index < -0.39 is 17.5 Å². The molecule has 2 aliphatic rings. The molecule has 2 aromatic rings. The van der Waals surface area contributed by atoms with Crippen LogP contribution in [0.5, 0.6) is 0 Å². The van der Waals surface area contributed by atoms with E-state index in [-0.39, 0.29) is 0 Å². The molecular weight excluding hydrogens is 345 g/mol. The molecule has 3 heteroatoms. The predicted octanol–water partition coefficient (Wildman–Crippen LogP) is 6.87. The molecule has 2 aromatic carbocycles. The molecule has 0 spiro atoms. The average molecular weight is 370 g/mol. The number of rotatable bonds is 3. The van der Waals surface area contributed by atoms with Crippen LogP contribution in [0.3, 0.4) is 0 Å². The Bertz CT molecular complexity index is 824. The summed E-state index contributed by atoms with van der Waals surface area (Å²) >= 11 is 0. The first-order chi connectivity index (χ1) is 13.0. The SMILES string of the molecule is C=CC1CCC(C2CCc3cc(-c4cc(F)c(F)c(F)c4)ccc3C2)CC1. The Morgan fingerprint density at radius 1 is 0.778 bits per heavy atom. The summed E-state index contributed by atoms with van der Waals surface area (Å²) in [4.78, 5) is 0. The molecule has 1 unspecified atom stereocenters. The van der Waals surface area contributed by atoms with Gasteiger partial charge in [-0.2, -0.15) is 0 Å². The molecular formula is C24H25F3. The lowest BCUT2D eigenvalue weighted by Crippen LogP contribution is -2.26. The maximum absolute atomic E-state index is 13.6. The second-order valence-corrected chi connectivity index (χ2v) is 8.15. The second kappa shape index (κ2) is 7.53. The Kier molecular flexibility index (Phi) is 5.12. The van der Waals surface area contributed by atoms with E-state index in [1.165, 1.54) is 43.2 Å². The summed E-state index contributed by atoms with van der Waals surface area (Å²) in [5.74, 6) is -1.47. The molecule has 1 atom stereocenters. The first kappa shape index (κ1) is 18.3. The summed E-state index contributed by atoms with van der Waals surface area (Å²) in [6, 6.07) is 8.16. The van der Waals surface area contributed by atoms with Crippen LogP contribution in [0.15, 0.2) is 43.0 Å². The predicted molar refractivity (Wildman–Crippen MR) is 103 cm³/mol. The van der Waals surface area contributed by atoms with Gasteiger partial charge in [0.2, 0.25) is 0 Å². The maximum atomic E-state index is 13.6. The lowest BCUT2D eigenvalue weighted by molar-refractivity contribution is 0.206. The molecule has 0 bridgehead atoms. The topological polar surface area (TPSA) is 0 Å². The molecule has 1 fully saturated rings. The summed E-state index contributed by atoms with van der Waals surface area (Å²) < 4.78 is 40.3. The van der Waals surface area contributed by atoms with Crippen molar-refractivity contribution in [2.24, 2.45) is 17.8 Å². The van der Waals surface area contributed by atoms with Gasteiger partial charge in [0.15, 0.2) is 17.5 Å². The molecule has 0 amide bonds. The van der Waals surface area contributed by atoms with Crippen molar-refractivity contribution < 1.29 is 13.2 Å². The van der Waals surface area contributed by atoms with Gasteiger partial charge in [0.05, 0.1) is 0 Å². The Morgan fingerprint density at radius 2 is 1.48 bits per heavy atom. The van der Waals surface area contributed by atoms with Crippen molar-refractivity contribution >= 4 is 0 Å². The van der Waals surface area contributed by atoms with Gasteiger partial charge in [-0.15, -0.1) is 6.58 Å². The highest BCUT2D eigenvalue weighted by atomic mass is 19.2. The van der Waals surface area contributed by atoms with Crippen LogP contribution in [0, 0.1) is 35.2 Å². The van der Waals surface area contributed by atoms with Gasteiger partial charge in [0.25, 0.3) is 0 Å². The number of aryl methyl sites for hydroxylation is 1. The van der Waals surface area contributed by atoms with Gasteiger partial charge >= 0.3 is 0 Å². The molecule has 4 rings (SSSR count). The van der Waals surface area contributed by atoms with Crippen molar-refractivity contribution in [2.75, 3.05) is 0 Å². The van der Waals surface area contributed by atoms with E-state index in [0.29, 0.717) is 11.5 Å². The van der Waals surface area contributed by atoms with Crippen LogP contribution in [0.2, 0.25) is 0 Å². The van der Waals surface area contributed by atoms with Gasteiger partial charge in [0.1, 0.15) is 0 Å². The summed E-state index contributed by atoms with van der Waals surface area (Å²) in [7, 11) is 0. The third-order valence-electron chi connectivity index (χ3n) is 6.61. The third kappa shape index (κ3) is 3.69. The quantitative estimate of drug-likeness (QED) is 0.408. The molecule has 2 aliphatic carbocycles. The number of allylic oxidation sites excluding steroid dienone is 1. The number of hydrogen-bond donors (Lipinski definition) is 0. The Morgan fingerprint density at radius 3 is 2.15 bits per heavy atom. The van der Waals surface area contributed by atoms with Crippen LogP contribution >= 0.6 is 0 Å². The number of benzene rings is 2. The summed E-state index contributed by atoms with van der Waals surface area (Å²) in [6.07, 6.45) is 10.5. The van der Waals surface area contributed by atoms with E-state index >= 15 is 0 Å². The van der Waals surface area contributed by atoms with Crippen LogP contribution in [0.4, 0.5) is 13.2 Å². The maximum Gasteiger partial charge on any atom is 0.194 e. The Labute approximate surface area is 159 Å². The second-order valence-electron chi connectivity index (χ2n) is 8.15. The van der Waals surface area contributed by atoms with Crippen molar-refractivity contribution in [1.82, 2.24) is 0 Å². The van der Waals surface area contributed by atoms with Gasteiger partial charge in [0, 0.05) is 0 Å². The van der Waals surface area contributed by atoms with E-state index in [1.54, 1.807) is 0 Å². The zero-order chi connectivity index (χ0) is 19.0. The first-order valence-corrected chi connectivity index (χ1v) is 9.94. The van der Waals surface area contributed by atoms with Gasteiger partial charge in [-0.1, -0.05) is 24.3 Å². The fourth-order valence-corrected chi connectivity index (χ4v) is 4.94. The smallest absolute Gasteiger partial charge is 0.194 e. The van der Waals surface area contributed by atoms with Crippen LogP contribution in [-0.2, 0) is 12.8 Å². The van der Waals surface area contributed by atoms with E-state index in [4.69, 9.17) is 0 Å². The number of hydrogen-bond acceptors (Lipinski definition) is 0. The fourth-order valence-electron chi connectivity index (χ4n) is 4.94. The Balaban J connectivity index is 1.51. The lowest BCUT2D eigenvalue weighted by atomic mass is 9.69.